The first-order chi connectivity index (χ1) is 20.4. The van der Waals surface area contributed by atoms with Crippen molar-refractivity contribution in [1.29, 1.82) is 0 Å². The highest BCUT2D eigenvalue weighted by molar-refractivity contribution is 6.00. The van der Waals surface area contributed by atoms with Gasteiger partial charge >= 0.3 is 0 Å². The van der Waals surface area contributed by atoms with Crippen LogP contribution in [-0.2, 0) is 4.79 Å². The first-order valence-electron chi connectivity index (χ1n) is 14.1. The minimum atomic E-state index is -0.198. The van der Waals surface area contributed by atoms with Gasteiger partial charge in [-0.15, -0.1) is 5.10 Å². The number of likely N-dealkylation sites (N-methyl/N-ethyl adjacent to an activating group) is 1. The van der Waals surface area contributed by atoms with Crippen molar-refractivity contribution in [2.24, 2.45) is 0 Å². The van der Waals surface area contributed by atoms with Gasteiger partial charge in [-0.2, -0.15) is 0 Å². The summed E-state index contributed by atoms with van der Waals surface area (Å²) in [6.07, 6.45) is 10.8. The van der Waals surface area contributed by atoms with Crippen molar-refractivity contribution in [1.82, 2.24) is 29.4 Å². The molecule has 1 aliphatic heterocycles. The Morgan fingerprint density at radius 1 is 1.12 bits per heavy atom. The number of aromatic nitrogens is 4. The Bertz CT molecular complexity index is 1750. The average Bonchev–Trinajstić information content (AvgIpc) is 3.64. The summed E-state index contributed by atoms with van der Waals surface area (Å²) in [5, 5.41) is 12.3. The lowest BCUT2D eigenvalue weighted by Crippen LogP contribution is -2.45. The summed E-state index contributed by atoms with van der Waals surface area (Å²) in [5.74, 6) is 0.513. The molecule has 6 rings (SSSR count). The molecule has 10 heteroatoms. The Morgan fingerprint density at radius 3 is 2.79 bits per heavy atom. The summed E-state index contributed by atoms with van der Waals surface area (Å²) in [4.78, 5) is 37.3. The van der Waals surface area contributed by atoms with Gasteiger partial charge in [-0.1, -0.05) is 24.3 Å². The fourth-order valence-corrected chi connectivity index (χ4v) is 5.40. The molecule has 0 spiro atoms. The summed E-state index contributed by atoms with van der Waals surface area (Å²) in [5.41, 5.74) is 5.15. The van der Waals surface area contributed by atoms with Gasteiger partial charge in [-0.25, -0.2) is 9.50 Å². The molecule has 0 saturated carbocycles. The minimum absolute atomic E-state index is 0.0252. The van der Waals surface area contributed by atoms with E-state index < -0.39 is 0 Å². The van der Waals surface area contributed by atoms with Crippen molar-refractivity contribution in [2.75, 3.05) is 44.4 Å². The van der Waals surface area contributed by atoms with Crippen LogP contribution in [-0.4, -0.2) is 81.0 Å². The molecule has 1 aliphatic rings. The Morgan fingerprint density at radius 2 is 1.95 bits per heavy atom. The normalized spacial score (nSPS) is 15.6. The van der Waals surface area contributed by atoms with Crippen molar-refractivity contribution in [3.63, 3.8) is 0 Å². The summed E-state index contributed by atoms with van der Waals surface area (Å²) < 4.78 is 1.80. The third kappa shape index (κ3) is 5.89. The molecule has 3 aromatic heterocycles. The quantitative estimate of drug-likeness (QED) is 0.238. The third-order valence-corrected chi connectivity index (χ3v) is 7.44. The second kappa shape index (κ2) is 11.9. The maximum Gasteiger partial charge on any atom is 0.253 e. The van der Waals surface area contributed by atoms with Crippen LogP contribution in [0.15, 0.2) is 85.3 Å². The Labute approximate surface area is 244 Å². The Kier molecular flexibility index (Phi) is 7.70. The van der Waals surface area contributed by atoms with Crippen LogP contribution < -0.4 is 10.6 Å². The lowest BCUT2D eigenvalue weighted by atomic mass is 10.0. The van der Waals surface area contributed by atoms with E-state index in [1.165, 1.54) is 6.08 Å². The van der Waals surface area contributed by atoms with E-state index in [1.54, 1.807) is 41.1 Å². The van der Waals surface area contributed by atoms with Crippen molar-refractivity contribution in [3.05, 3.63) is 90.9 Å². The molecule has 0 bridgehead atoms. The topological polar surface area (TPSA) is 111 Å². The molecule has 5 aromatic rings. The van der Waals surface area contributed by atoms with Crippen LogP contribution in [0, 0.1) is 0 Å². The van der Waals surface area contributed by atoms with E-state index in [4.69, 9.17) is 5.10 Å². The molecule has 0 radical (unpaired) electrons. The number of benzene rings is 2. The fraction of sp³-hybridized carbons (Fsp3) is 0.250. The minimum Gasteiger partial charge on any atom is -0.364 e. The Balaban J connectivity index is 1.14. The molecular formula is C32H34N8O2. The summed E-state index contributed by atoms with van der Waals surface area (Å²) in [7, 11) is 3.88. The number of H-pyrrole nitrogens is 1. The summed E-state index contributed by atoms with van der Waals surface area (Å²) in [6.45, 7) is 1.95. The van der Waals surface area contributed by atoms with Gasteiger partial charge in [0.05, 0.1) is 0 Å². The maximum absolute atomic E-state index is 13.4. The predicted molar refractivity (Wildman–Crippen MR) is 166 cm³/mol. The number of amides is 2. The first-order valence-corrected chi connectivity index (χ1v) is 14.1. The lowest BCUT2D eigenvalue weighted by molar-refractivity contribution is -0.111. The molecule has 0 unspecified atom stereocenters. The van der Waals surface area contributed by atoms with E-state index in [9.17, 15) is 9.59 Å². The zero-order valence-electron chi connectivity index (χ0n) is 23.7. The number of fused-ring (bicyclic) bond motifs is 2. The third-order valence-electron chi connectivity index (χ3n) is 7.44. The van der Waals surface area contributed by atoms with Gasteiger partial charge in [0.15, 0.2) is 5.65 Å². The number of imidazole rings is 1. The highest BCUT2D eigenvalue weighted by Gasteiger charge is 2.25. The van der Waals surface area contributed by atoms with Crippen molar-refractivity contribution >= 4 is 39.9 Å². The molecule has 1 saturated heterocycles. The van der Waals surface area contributed by atoms with Gasteiger partial charge in [0, 0.05) is 83.6 Å². The molecule has 10 nitrogen and oxygen atoms in total. The Hall–Kier alpha value is -4.96. The van der Waals surface area contributed by atoms with Gasteiger partial charge in [0.2, 0.25) is 5.91 Å². The molecule has 1 fully saturated rings. The zero-order chi connectivity index (χ0) is 29.1. The SMILES string of the molecule is CN(C)C/C=C/C(=O)Nc1ccc(C(=O)N2CCC[C@@H](Nc3cc(-c4c[nH]c5ccccc45)c4nccn4n3)C2)cc1. The van der Waals surface area contributed by atoms with Crippen LogP contribution in [0.1, 0.15) is 23.2 Å². The monoisotopic (exact) mass is 562 g/mol. The number of carbonyl (C=O) groups excluding carboxylic acids is 2. The lowest BCUT2D eigenvalue weighted by Gasteiger charge is -2.33. The zero-order valence-corrected chi connectivity index (χ0v) is 23.7. The van der Waals surface area contributed by atoms with Crippen LogP contribution in [0.5, 0.6) is 0 Å². The van der Waals surface area contributed by atoms with Crippen LogP contribution in [0.25, 0.3) is 27.7 Å². The van der Waals surface area contributed by atoms with Crippen LogP contribution in [0.3, 0.4) is 0 Å². The molecule has 42 heavy (non-hydrogen) atoms. The largest absolute Gasteiger partial charge is 0.364 e. The van der Waals surface area contributed by atoms with Gasteiger partial charge in [-0.3, -0.25) is 9.59 Å². The van der Waals surface area contributed by atoms with Gasteiger partial charge in [0.1, 0.15) is 5.82 Å². The predicted octanol–water partition coefficient (Wildman–Crippen LogP) is 4.65. The average molecular weight is 563 g/mol. The first kappa shape index (κ1) is 27.2. The van der Waals surface area contributed by atoms with Crippen molar-refractivity contribution in [3.8, 4) is 11.1 Å². The number of piperidine rings is 1. The molecule has 214 valence electrons. The number of nitrogens with zero attached hydrogens (tertiary/aromatic N) is 5. The molecule has 2 amide bonds. The van der Waals surface area contributed by atoms with Crippen molar-refractivity contribution < 1.29 is 9.59 Å². The van der Waals surface area contributed by atoms with E-state index in [-0.39, 0.29) is 17.9 Å². The second-order valence-corrected chi connectivity index (χ2v) is 10.9. The van der Waals surface area contributed by atoms with Crippen LogP contribution in [0.4, 0.5) is 11.5 Å². The van der Waals surface area contributed by atoms with E-state index in [2.05, 4.69) is 32.7 Å². The van der Waals surface area contributed by atoms with Crippen molar-refractivity contribution in [2.45, 2.75) is 18.9 Å². The number of likely N-dealkylation sites (tertiary alicyclic amines) is 1. The highest BCUT2D eigenvalue weighted by atomic mass is 16.2. The van der Waals surface area contributed by atoms with Crippen LogP contribution in [0.2, 0.25) is 0 Å². The molecular weight excluding hydrogens is 528 g/mol. The molecule has 2 aromatic carbocycles. The van der Waals surface area contributed by atoms with E-state index in [1.807, 2.05) is 54.5 Å². The number of rotatable bonds is 8. The number of aromatic amines is 1. The second-order valence-electron chi connectivity index (χ2n) is 10.9. The number of anilines is 2. The fourth-order valence-electron chi connectivity index (χ4n) is 5.40. The number of carbonyl (C=O) groups is 2. The summed E-state index contributed by atoms with van der Waals surface area (Å²) in [6, 6.07) is 17.4. The van der Waals surface area contributed by atoms with E-state index >= 15 is 0 Å². The van der Waals surface area contributed by atoms with Gasteiger partial charge in [-0.05, 0) is 63.3 Å². The highest BCUT2D eigenvalue weighted by Crippen LogP contribution is 2.32. The van der Waals surface area contributed by atoms with Crippen LogP contribution >= 0.6 is 0 Å². The van der Waals surface area contributed by atoms with Gasteiger partial charge in [0.25, 0.3) is 5.91 Å². The van der Waals surface area contributed by atoms with E-state index in [0.717, 1.165) is 46.3 Å². The molecule has 1 atom stereocenters. The molecule has 0 aliphatic carbocycles. The smallest absolute Gasteiger partial charge is 0.253 e. The standard InChI is InChI=1S/C32H34N8O2/c1-38(2)16-6-10-30(41)36-23-13-11-22(12-14-23)32(42)39-17-5-7-24(21-39)35-29-19-26(31-33-15-18-40(31)37-29)27-20-34-28-9-4-3-8-25(27)28/h3-4,6,8-15,18-20,24,34H,5,7,16-17,21H2,1-2H3,(H,35,37)(H,36,41)/b10-6+/t24-/m1/s1. The number of nitrogens with one attached hydrogen (secondary N) is 3. The maximum atomic E-state index is 13.4. The molecule has 4 heterocycles. The summed E-state index contributed by atoms with van der Waals surface area (Å²) >= 11 is 0. The van der Waals surface area contributed by atoms with Gasteiger partial charge < -0.3 is 25.4 Å². The van der Waals surface area contributed by atoms with E-state index in [0.29, 0.717) is 30.9 Å². The number of para-hydroxylation sites is 1. The number of hydrogen-bond acceptors (Lipinski definition) is 6. The molecule has 3 N–H and O–H groups in total. The number of hydrogen-bond donors (Lipinski definition) is 3.